The zero-order valence-corrected chi connectivity index (χ0v) is 18.1. The molecule has 2 aromatic heterocycles. The van der Waals surface area contributed by atoms with Gasteiger partial charge in [0, 0.05) is 18.5 Å². The number of hydrogen-bond donors (Lipinski definition) is 3. The fraction of sp³-hybridized carbons (Fsp3) is 0.500. The molecule has 0 bridgehead atoms. The quantitative estimate of drug-likeness (QED) is 0.502. The minimum absolute atomic E-state index is 0.0750. The molecule has 4 heterocycles. The number of aryl methyl sites for hydroxylation is 1. The Kier molecular flexibility index (Phi) is 4.67. The van der Waals surface area contributed by atoms with Crippen molar-refractivity contribution in [1.29, 1.82) is 0 Å². The summed E-state index contributed by atoms with van der Waals surface area (Å²) in [5.41, 5.74) is 3.95. The summed E-state index contributed by atoms with van der Waals surface area (Å²) in [5, 5.41) is 30.0. The number of aliphatic hydroxyl groups excluding tert-OH is 3. The summed E-state index contributed by atoms with van der Waals surface area (Å²) in [6, 6.07) is 8.68. The highest BCUT2D eigenvalue weighted by molar-refractivity contribution is 6.28. The van der Waals surface area contributed by atoms with E-state index in [4.69, 9.17) is 16.3 Å². The van der Waals surface area contributed by atoms with Crippen LogP contribution in [0.2, 0.25) is 5.28 Å². The number of hydrogen-bond acceptors (Lipinski definition) is 8. The van der Waals surface area contributed by atoms with Gasteiger partial charge in [0.25, 0.3) is 0 Å². The van der Waals surface area contributed by atoms with Crippen molar-refractivity contribution in [2.75, 3.05) is 24.6 Å². The van der Waals surface area contributed by atoms with E-state index in [1.807, 2.05) is 0 Å². The minimum Gasteiger partial charge on any atom is -0.394 e. The molecule has 3 aliphatic rings. The van der Waals surface area contributed by atoms with Crippen molar-refractivity contribution in [3.05, 3.63) is 47.0 Å². The number of imidazole rings is 1. The zero-order chi connectivity index (χ0) is 22.0. The van der Waals surface area contributed by atoms with Crippen LogP contribution in [-0.4, -0.2) is 72.8 Å². The molecule has 6 rings (SSSR count). The molecule has 1 unspecified atom stereocenters. The van der Waals surface area contributed by atoms with Crippen LogP contribution in [0.4, 0.5) is 5.82 Å². The average Bonchev–Trinajstić information content (AvgIpc) is 3.32. The number of halogens is 1. The molecule has 1 aromatic carbocycles. The monoisotopic (exact) mass is 457 g/mol. The Morgan fingerprint density at radius 3 is 2.75 bits per heavy atom. The maximum atomic E-state index is 10.4. The summed E-state index contributed by atoms with van der Waals surface area (Å²) in [4.78, 5) is 15.5. The van der Waals surface area contributed by atoms with Gasteiger partial charge >= 0.3 is 0 Å². The molecular weight excluding hydrogens is 434 g/mol. The molecule has 2 fully saturated rings. The Morgan fingerprint density at radius 1 is 1.16 bits per heavy atom. The van der Waals surface area contributed by atoms with E-state index in [0.29, 0.717) is 17.0 Å². The number of fused-ring (bicyclic) bond motifs is 3. The van der Waals surface area contributed by atoms with Gasteiger partial charge in [0.2, 0.25) is 5.28 Å². The third-order valence-electron chi connectivity index (χ3n) is 7.14. The SMILES string of the molecule is OC[C@H]1O[C@@H](n2cnc3c(N4CC5(CCCc6ccccc65)C4)nc(Cl)nc32)[C@@H](O)C1O. The van der Waals surface area contributed by atoms with Crippen LogP contribution in [0, 0.1) is 0 Å². The number of benzene rings is 1. The molecule has 9 nitrogen and oxygen atoms in total. The lowest BCUT2D eigenvalue weighted by Gasteiger charge is -2.53. The van der Waals surface area contributed by atoms with Gasteiger partial charge in [0.1, 0.15) is 18.3 Å². The van der Waals surface area contributed by atoms with E-state index in [0.717, 1.165) is 25.9 Å². The molecule has 3 N–H and O–H groups in total. The lowest BCUT2D eigenvalue weighted by molar-refractivity contribution is -0.0511. The Balaban J connectivity index is 1.34. The summed E-state index contributed by atoms with van der Waals surface area (Å²) in [7, 11) is 0. The van der Waals surface area contributed by atoms with E-state index < -0.39 is 31.1 Å². The molecule has 1 spiro atoms. The number of rotatable bonds is 3. The smallest absolute Gasteiger partial charge is 0.226 e. The number of aliphatic hydroxyl groups is 3. The molecule has 0 saturated carbocycles. The Hall–Kier alpha value is -2.30. The largest absolute Gasteiger partial charge is 0.394 e. The first-order valence-electron chi connectivity index (χ1n) is 10.9. The van der Waals surface area contributed by atoms with Crippen molar-refractivity contribution in [2.24, 2.45) is 0 Å². The molecule has 3 aromatic rings. The molecular formula is C22H24ClN5O4. The first-order valence-corrected chi connectivity index (χ1v) is 11.2. The van der Waals surface area contributed by atoms with E-state index in [1.54, 1.807) is 4.57 Å². The van der Waals surface area contributed by atoms with E-state index in [1.165, 1.54) is 23.9 Å². The second-order valence-corrected chi connectivity index (χ2v) is 9.35. The third kappa shape index (κ3) is 2.89. The van der Waals surface area contributed by atoms with Crippen LogP contribution in [0.5, 0.6) is 0 Å². The number of anilines is 1. The molecule has 10 heteroatoms. The molecule has 0 amide bonds. The summed E-state index contributed by atoms with van der Waals surface area (Å²) in [5.74, 6) is 0.652. The van der Waals surface area contributed by atoms with E-state index >= 15 is 0 Å². The van der Waals surface area contributed by atoms with Crippen molar-refractivity contribution in [3.8, 4) is 0 Å². The van der Waals surface area contributed by atoms with Crippen molar-refractivity contribution in [1.82, 2.24) is 19.5 Å². The van der Waals surface area contributed by atoms with Crippen molar-refractivity contribution in [2.45, 2.75) is 49.2 Å². The molecule has 2 aliphatic heterocycles. The normalized spacial score (nSPS) is 28.8. The van der Waals surface area contributed by atoms with Crippen molar-refractivity contribution >= 4 is 28.6 Å². The molecule has 32 heavy (non-hydrogen) atoms. The number of aromatic nitrogens is 4. The van der Waals surface area contributed by atoms with Crippen LogP contribution in [0.15, 0.2) is 30.6 Å². The van der Waals surface area contributed by atoms with Gasteiger partial charge in [-0.3, -0.25) is 4.57 Å². The zero-order valence-electron chi connectivity index (χ0n) is 17.3. The van der Waals surface area contributed by atoms with Gasteiger partial charge < -0.3 is 25.0 Å². The lowest BCUT2D eigenvalue weighted by atomic mass is 9.65. The molecule has 168 valence electrons. The highest BCUT2D eigenvalue weighted by atomic mass is 35.5. The van der Waals surface area contributed by atoms with Crippen LogP contribution >= 0.6 is 11.6 Å². The van der Waals surface area contributed by atoms with Crippen LogP contribution < -0.4 is 4.90 Å². The highest BCUT2D eigenvalue weighted by Gasteiger charge is 2.48. The van der Waals surface area contributed by atoms with Crippen LogP contribution in [0.3, 0.4) is 0 Å². The fourth-order valence-corrected chi connectivity index (χ4v) is 5.72. The molecule has 1 aliphatic carbocycles. The van der Waals surface area contributed by atoms with Gasteiger partial charge in [0.15, 0.2) is 23.2 Å². The maximum Gasteiger partial charge on any atom is 0.226 e. The second kappa shape index (κ2) is 7.36. The van der Waals surface area contributed by atoms with Crippen LogP contribution in [0.1, 0.15) is 30.2 Å². The molecule has 4 atom stereocenters. The minimum atomic E-state index is -1.23. The Labute approximate surface area is 189 Å². The molecule has 2 saturated heterocycles. The topological polar surface area (TPSA) is 117 Å². The number of ether oxygens (including phenoxy) is 1. The van der Waals surface area contributed by atoms with Gasteiger partial charge in [-0.2, -0.15) is 9.97 Å². The maximum absolute atomic E-state index is 10.4. The average molecular weight is 458 g/mol. The van der Waals surface area contributed by atoms with Crippen molar-refractivity contribution in [3.63, 3.8) is 0 Å². The van der Waals surface area contributed by atoms with Gasteiger partial charge in [-0.15, -0.1) is 0 Å². The van der Waals surface area contributed by atoms with E-state index in [-0.39, 0.29) is 10.7 Å². The van der Waals surface area contributed by atoms with Crippen LogP contribution in [-0.2, 0) is 16.6 Å². The van der Waals surface area contributed by atoms with Gasteiger partial charge in [-0.25, -0.2) is 4.98 Å². The van der Waals surface area contributed by atoms with Gasteiger partial charge in [-0.1, -0.05) is 24.3 Å². The molecule has 0 radical (unpaired) electrons. The lowest BCUT2D eigenvalue weighted by Crippen LogP contribution is -2.61. The van der Waals surface area contributed by atoms with Crippen LogP contribution in [0.25, 0.3) is 11.2 Å². The highest BCUT2D eigenvalue weighted by Crippen LogP contribution is 2.46. The first kappa shape index (κ1) is 20.3. The second-order valence-electron chi connectivity index (χ2n) is 9.02. The van der Waals surface area contributed by atoms with Gasteiger partial charge in [-0.05, 0) is 42.0 Å². The summed E-state index contributed by atoms with van der Waals surface area (Å²) >= 11 is 6.28. The predicted molar refractivity (Wildman–Crippen MR) is 117 cm³/mol. The summed E-state index contributed by atoms with van der Waals surface area (Å²) < 4.78 is 7.20. The van der Waals surface area contributed by atoms with E-state index in [9.17, 15) is 15.3 Å². The standard InChI is InChI=1S/C22H24ClN5O4/c23-21-25-18(27-9-22(10-27)7-3-5-12-4-1-2-6-13(12)22)15-19(26-21)28(11-24-15)20-17(31)16(30)14(8-29)32-20/h1-2,4,6,11,14,16-17,20,29-31H,3,5,7-10H2/t14-,16?,17+,20-/m1/s1. The number of nitrogens with zero attached hydrogens (tertiary/aromatic N) is 5. The fourth-order valence-electron chi connectivity index (χ4n) is 5.56. The van der Waals surface area contributed by atoms with E-state index in [2.05, 4.69) is 44.1 Å². The van der Waals surface area contributed by atoms with Gasteiger partial charge in [0.05, 0.1) is 12.9 Å². The third-order valence-corrected chi connectivity index (χ3v) is 7.31. The Morgan fingerprint density at radius 2 is 1.97 bits per heavy atom. The van der Waals surface area contributed by atoms with Crippen molar-refractivity contribution < 1.29 is 20.1 Å². The Bertz CT molecular complexity index is 1180. The predicted octanol–water partition coefficient (Wildman–Crippen LogP) is 1.19. The summed E-state index contributed by atoms with van der Waals surface area (Å²) in [6.07, 6.45) is 0.684. The summed E-state index contributed by atoms with van der Waals surface area (Å²) in [6.45, 7) is 1.25. The first-order chi connectivity index (χ1) is 15.5.